The molecule has 1 heterocycles. The Morgan fingerprint density at radius 3 is 2.82 bits per heavy atom. The lowest BCUT2D eigenvalue weighted by molar-refractivity contribution is 0.0652. The fraction of sp³-hybridized carbons (Fsp3) is 0.231. The van der Waals surface area contributed by atoms with Crippen molar-refractivity contribution in [2.75, 3.05) is 0 Å². The van der Waals surface area contributed by atoms with Crippen molar-refractivity contribution in [3.63, 3.8) is 0 Å². The zero-order chi connectivity index (χ0) is 11.8. The molecule has 4 heteroatoms. The van der Waals surface area contributed by atoms with Gasteiger partial charge in [-0.3, -0.25) is 0 Å². The Balaban J connectivity index is 2.00. The Labute approximate surface area is 97.9 Å². The van der Waals surface area contributed by atoms with Gasteiger partial charge in [0.25, 0.3) is 0 Å². The number of carboxylic acid groups (broad SMARTS) is 1. The maximum atomic E-state index is 10.7. The minimum atomic E-state index is -1.09. The summed E-state index contributed by atoms with van der Waals surface area (Å²) < 4.78 is 4.75. The van der Waals surface area contributed by atoms with Crippen molar-refractivity contribution in [1.82, 2.24) is 5.16 Å². The van der Waals surface area contributed by atoms with Crippen LogP contribution in [0, 0.1) is 0 Å². The average Bonchev–Trinajstić information content (AvgIpc) is 2.97. The van der Waals surface area contributed by atoms with Crippen molar-refractivity contribution in [3.05, 3.63) is 41.2 Å². The van der Waals surface area contributed by atoms with E-state index < -0.39 is 5.97 Å². The molecule has 1 aromatic carbocycles. The van der Waals surface area contributed by atoms with Gasteiger partial charge in [-0.2, -0.15) is 0 Å². The van der Waals surface area contributed by atoms with Crippen molar-refractivity contribution in [2.45, 2.75) is 19.3 Å². The Hall–Kier alpha value is -2.10. The highest BCUT2D eigenvalue weighted by atomic mass is 16.5. The topological polar surface area (TPSA) is 63.3 Å². The number of benzene rings is 1. The molecule has 0 spiro atoms. The van der Waals surface area contributed by atoms with Gasteiger partial charge < -0.3 is 9.63 Å². The third kappa shape index (κ3) is 1.71. The van der Waals surface area contributed by atoms with Crippen LogP contribution in [0.25, 0.3) is 11.3 Å². The van der Waals surface area contributed by atoms with Crippen LogP contribution in [-0.2, 0) is 12.8 Å². The van der Waals surface area contributed by atoms with E-state index in [2.05, 4.69) is 17.3 Å². The number of hydrogen-bond donors (Lipinski definition) is 1. The maximum Gasteiger partial charge on any atom is 0.374 e. The number of rotatable bonds is 2. The lowest BCUT2D eigenvalue weighted by Crippen LogP contribution is -1.91. The minimum Gasteiger partial charge on any atom is -0.475 e. The number of aromatic nitrogens is 1. The van der Waals surface area contributed by atoms with E-state index >= 15 is 0 Å². The highest BCUT2D eigenvalue weighted by Gasteiger charge is 2.15. The molecule has 0 unspecified atom stereocenters. The molecule has 0 atom stereocenters. The summed E-state index contributed by atoms with van der Waals surface area (Å²) in [4.78, 5) is 10.7. The molecule has 17 heavy (non-hydrogen) atoms. The number of nitrogens with zero attached hydrogens (tertiary/aromatic N) is 1. The van der Waals surface area contributed by atoms with Crippen LogP contribution < -0.4 is 0 Å². The van der Waals surface area contributed by atoms with Crippen molar-refractivity contribution in [2.24, 2.45) is 0 Å². The SMILES string of the molecule is O=C(O)c1cc(-c2ccc3c(c2)CCC3)no1. The van der Waals surface area contributed by atoms with Crippen molar-refractivity contribution in [3.8, 4) is 11.3 Å². The first-order valence-electron chi connectivity index (χ1n) is 5.56. The molecular formula is C13H11NO3. The summed E-state index contributed by atoms with van der Waals surface area (Å²) >= 11 is 0. The molecule has 1 aliphatic rings. The van der Waals surface area contributed by atoms with Crippen molar-refractivity contribution < 1.29 is 14.4 Å². The normalized spacial score (nSPS) is 13.6. The highest BCUT2D eigenvalue weighted by Crippen LogP contribution is 2.27. The van der Waals surface area contributed by atoms with Gasteiger partial charge in [-0.25, -0.2) is 4.79 Å². The van der Waals surface area contributed by atoms with E-state index in [4.69, 9.17) is 9.63 Å². The minimum absolute atomic E-state index is 0.125. The van der Waals surface area contributed by atoms with Gasteiger partial charge in [0, 0.05) is 11.6 Å². The van der Waals surface area contributed by atoms with E-state index in [0.29, 0.717) is 5.69 Å². The molecule has 0 amide bonds. The zero-order valence-corrected chi connectivity index (χ0v) is 9.14. The monoisotopic (exact) mass is 229 g/mol. The summed E-state index contributed by atoms with van der Waals surface area (Å²) in [5, 5.41) is 12.5. The molecule has 3 rings (SSSR count). The van der Waals surface area contributed by atoms with Gasteiger partial charge in [0.2, 0.25) is 5.76 Å². The lowest BCUT2D eigenvalue weighted by Gasteiger charge is -2.00. The van der Waals surface area contributed by atoms with Crippen LogP contribution in [0.15, 0.2) is 28.8 Å². The third-order valence-corrected chi connectivity index (χ3v) is 3.12. The summed E-state index contributed by atoms with van der Waals surface area (Å²) in [5.41, 5.74) is 4.22. The standard InChI is InChI=1S/C13H11NO3/c15-13(16)12-7-11(14-17-12)10-5-4-8-2-1-3-9(8)6-10/h4-7H,1-3H2,(H,15,16). The third-order valence-electron chi connectivity index (χ3n) is 3.12. The maximum absolute atomic E-state index is 10.7. The van der Waals surface area contributed by atoms with Crippen molar-refractivity contribution >= 4 is 5.97 Å². The molecule has 1 aliphatic carbocycles. The van der Waals surface area contributed by atoms with Gasteiger partial charge in [0.1, 0.15) is 5.69 Å². The van der Waals surface area contributed by atoms with Gasteiger partial charge in [-0.05, 0) is 36.5 Å². The first-order valence-corrected chi connectivity index (χ1v) is 5.56. The lowest BCUT2D eigenvalue weighted by atomic mass is 10.0. The molecule has 0 aliphatic heterocycles. The van der Waals surface area contributed by atoms with Gasteiger partial charge in [0.05, 0.1) is 0 Å². The Bertz CT molecular complexity index is 586. The number of carboxylic acids is 1. The molecule has 1 aromatic heterocycles. The van der Waals surface area contributed by atoms with Crippen molar-refractivity contribution in [1.29, 1.82) is 0 Å². The van der Waals surface area contributed by atoms with E-state index in [1.807, 2.05) is 6.07 Å². The van der Waals surface area contributed by atoms with Crippen LogP contribution in [0.2, 0.25) is 0 Å². The number of fused-ring (bicyclic) bond motifs is 1. The quantitative estimate of drug-likeness (QED) is 0.859. The molecule has 4 nitrogen and oxygen atoms in total. The molecule has 0 bridgehead atoms. The summed E-state index contributed by atoms with van der Waals surface area (Å²) in [6.45, 7) is 0. The van der Waals surface area contributed by atoms with E-state index in [1.165, 1.54) is 23.6 Å². The van der Waals surface area contributed by atoms with Crippen LogP contribution in [0.4, 0.5) is 0 Å². The summed E-state index contributed by atoms with van der Waals surface area (Å²) in [6.07, 6.45) is 3.42. The van der Waals surface area contributed by atoms with E-state index in [1.54, 1.807) is 0 Å². The molecule has 0 fully saturated rings. The summed E-state index contributed by atoms with van der Waals surface area (Å²) in [5.74, 6) is -1.22. The molecule has 0 radical (unpaired) electrons. The molecule has 0 saturated heterocycles. The van der Waals surface area contributed by atoms with Crippen LogP contribution in [-0.4, -0.2) is 16.2 Å². The average molecular weight is 229 g/mol. The number of hydrogen-bond acceptors (Lipinski definition) is 3. The number of aromatic carboxylic acids is 1. The van der Waals surface area contributed by atoms with Gasteiger partial charge in [-0.1, -0.05) is 17.3 Å². The fourth-order valence-corrected chi connectivity index (χ4v) is 2.24. The zero-order valence-electron chi connectivity index (χ0n) is 9.14. The van der Waals surface area contributed by atoms with Crippen LogP contribution in [0.3, 0.4) is 0 Å². The molecule has 0 saturated carbocycles. The van der Waals surface area contributed by atoms with Crippen LogP contribution >= 0.6 is 0 Å². The van der Waals surface area contributed by atoms with Crippen LogP contribution in [0.5, 0.6) is 0 Å². The van der Waals surface area contributed by atoms with E-state index in [-0.39, 0.29) is 5.76 Å². The summed E-state index contributed by atoms with van der Waals surface area (Å²) in [6, 6.07) is 7.59. The van der Waals surface area contributed by atoms with Gasteiger partial charge in [0.15, 0.2) is 0 Å². The first kappa shape index (κ1) is 10.1. The fourth-order valence-electron chi connectivity index (χ4n) is 2.24. The second-order valence-corrected chi connectivity index (χ2v) is 4.22. The Morgan fingerprint density at radius 1 is 1.24 bits per heavy atom. The molecule has 86 valence electrons. The molecular weight excluding hydrogens is 218 g/mol. The van der Waals surface area contributed by atoms with Gasteiger partial charge >= 0.3 is 5.97 Å². The molecule has 1 N–H and O–H groups in total. The van der Waals surface area contributed by atoms with Crippen LogP contribution in [0.1, 0.15) is 28.1 Å². The van der Waals surface area contributed by atoms with E-state index in [0.717, 1.165) is 18.4 Å². The number of carbonyl (C=O) groups is 1. The highest BCUT2D eigenvalue weighted by molar-refractivity contribution is 5.85. The summed E-state index contributed by atoms with van der Waals surface area (Å²) in [7, 11) is 0. The Kier molecular flexibility index (Phi) is 2.21. The van der Waals surface area contributed by atoms with Gasteiger partial charge in [-0.15, -0.1) is 0 Å². The predicted molar refractivity (Wildman–Crippen MR) is 60.9 cm³/mol. The first-order chi connectivity index (χ1) is 8.24. The largest absolute Gasteiger partial charge is 0.475 e. The smallest absolute Gasteiger partial charge is 0.374 e. The number of aryl methyl sites for hydroxylation is 2. The molecule has 2 aromatic rings. The van der Waals surface area contributed by atoms with E-state index in [9.17, 15) is 4.79 Å². The second kappa shape index (κ2) is 3.73. The second-order valence-electron chi connectivity index (χ2n) is 4.22. The predicted octanol–water partition coefficient (Wildman–Crippen LogP) is 2.53. The Morgan fingerprint density at radius 2 is 2.06 bits per heavy atom.